The third-order valence-electron chi connectivity index (χ3n) is 4.41. The molecule has 0 radical (unpaired) electrons. The summed E-state index contributed by atoms with van der Waals surface area (Å²) in [6, 6.07) is 25.0. The summed E-state index contributed by atoms with van der Waals surface area (Å²) < 4.78 is 10.8. The number of amides is 1. The molecule has 6 heteroatoms. The lowest BCUT2D eigenvalue weighted by Gasteiger charge is -2.15. The highest BCUT2D eigenvalue weighted by Crippen LogP contribution is 2.15. The molecular formula is C24H23NO5. The molecule has 0 aliphatic carbocycles. The van der Waals surface area contributed by atoms with Crippen LogP contribution in [0.3, 0.4) is 0 Å². The minimum absolute atomic E-state index is 0.0759. The highest BCUT2D eigenvalue weighted by Gasteiger charge is 2.21. The molecule has 0 bridgehead atoms. The van der Waals surface area contributed by atoms with Crippen LogP contribution in [-0.4, -0.2) is 23.2 Å². The number of hydrogen-bond donors (Lipinski definition) is 2. The summed E-state index contributed by atoms with van der Waals surface area (Å²) in [6.07, 6.45) is -0.636. The van der Waals surface area contributed by atoms with Crippen molar-refractivity contribution >= 4 is 12.1 Å². The van der Waals surface area contributed by atoms with Crippen molar-refractivity contribution < 1.29 is 24.2 Å². The lowest BCUT2D eigenvalue weighted by Crippen LogP contribution is -2.42. The number of alkyl carbamates (subject to hydrolysis) is 1. The monoisotopic (exact) mass is 405 g/mol. The van der Waals surface area contributed by atoms with Gasteiger partial charge < -0.3 is 19.9 Å². The molecule has 3 aromatic carbocycles. The number of carboxylic acid groups (broad SMARTS) is 1. The van der Waals surface area contributed by atoms with Crippen LogP contribution >= 0.6 is 0 Å². The molecule has 0 fully saturated rings. The maximum atomic E-state index is 12.0. The molecule has 1 atom stereocenters. The second-order valence-electron chi connectivity index (χ2n) is 6.72. The van der Waals surface area contributed by atoms with E-state index in [-0.39, 0.29) is 13.0 Å². The lowest BCUT2D eigenvalue weighted by atomic mass is 10.1. The number of aliphatic carboxylic acids is 1. The SMILES string of the molecule is O=C(N[C@H](Cc1ccc(OCc2ccccc2)cc1)C(=O)O)OCc1ccccc1. The van der Waals surface area contributed by atoms with Gasteiger partial charge >= 0.3 is 12.1 Å². The van der Waals surface area contributed by atoms with Crippen LogP contribution in [0.1, 0.15) is 16.7 Å². The minimum atomic E-state index is -1.13. The molecule has 0 saturated carbocycles. The Morgan fingerprint density at radius 1 is 0.767 bits per heavy atom. The molecular weight excluding hydrogens is 382 g/mol. The van der Waals surface area contributed by atoms with E-state index in [0.717, 1.165) is 16.7 Å². The maximum absolute atomic E-state index is 12.0. The normalized spacial score (nSPS) is 11.3. The lowest BCUT2D eigenvalue weighted by molar-refractivity contribution is -0.139. The van der Waals surface area contributed by atoms with Crippen LogP contribution in [0.15, 0.2) is 84.9 Å². The standard InChI is InChI=1S/C24H23NO5/c26-23(27)22(25-24(28)30-17-20-9-5-2-6-10-20)15-18-11-13-21(14-12-18)29-16-19-7-3-1-4-8-19/h1-14,22H,15-17H2,(H,25,28)(H,26,27)/t22-/m1/s1. The van der Waals surface area contributed by atoms with Crippen molar-refractivity contribution in [2.75, 3.05) is 0 Å². The first-order chi connectivity index (χ1) is 14.6. The number of ether oxygens (including phenoxy) is 2. The van der Waals surface area contributed by atoms with E-state index in [2.05, 4.69) is 5.32 Å². The molecule has 0 aromatic heterocycles. The fraction of sp³-hybridized carbons (Fsp3) is 0.167. The number of hydrogen-bond acceptors (Lipinski definition) is 4. The van der Waals surface area contributed by atoms with Gasteiger partial charge in [-0.25, -0.2) is 9.59 Å². The summed E-state index contributed by atoms with van der Waals surface area (Å²) in [5.41, 5.74) is 2.65. The van der Waals surface area contributed by atoms with Crippen LogP contribution in [0.2, 0.25) is 0 Å². The molecule has 154 valence electrons. The summed E-state index contributed by atoms with van der Waals surface area (Å²) in [5.74, 6) is -0.444. The van der Waals surface area contributed by atoms with Gasteiger partial charge in [0.1, 0.15) is 25.0 Å². The summed E-state index contributed by atoms with van der Waals surface area (Å²) in [7, 11) is 0. The Bertz CT molecular complexity index is 942. The van der Waals surface area contributed by atoms with Gasteiger partial charge in [-0.2, -0.15) is 0 Å². The molecule has 30 heavy (non-hydrogen) atoms. The quantitative estimate of drug-likeness (QED) is 0.558. The summed E-state index contributed by atoms with van der Waals surface area (Å²) in [5, 5.41) is 11.8. The van der Waals surface area contributed by atoms with Crippen LogP contribution in [0.25, 0.3) is 0 Å². The third kappa shape index (κ3) is 6.67. The number of carbonyl (C=O) groups excluding carboxylic acids is 1. The minimum Gasteiger partial charge on any atom is -0.489 e. The molecule has 0 spiro atoms. The van der Waals surface area contributed by atoms with E-state index >= 15 is 0 Å². The Labute approximate surface area is 175 Å². The predicted molar refractivity (Wildman–Crippen MR) is 112 cm³/mol. The summed E-state index contributed by atoms with van der Waals surface area (Å²) >= 11 is 0. The molecule has 2 N–H and O–H groups in total. The van der Waals surface area contributed by atoms with E-state index in [4.69, 9.17) is 9.47 Å². The first kappa shape index (κ1) is 20.9. The smallest absolute Gasteiger partial charge is 0.408 e. The molecule has 0 heterocycles. The highest BCUT2D eigenvalue weighted by molar-refractivity contribution is 5.80. The number of carbonyl (C=O) groups is 2. The zero-order valence-electron chi connectivity index (χ0n) is 16.4. The van der Waals surface area contributed by atoms with E-state index in [9.17, 15) is 14.7 Å². The van der Waals surface area contributed by atoms with Crippen molar-refractivity contribution in [1.82, 2.24) is 5.32 Å². The van der Waals surface area contributed by atoms with Gasteiger partial charge in [0.2, 0.25) is 0 Å². The Balaban J connectivity index is 1.50. The zero-order valence-corrected chi connectivity index (χ0v) is 16.4. The van der Waals surface area contributed by atoms with E-state index in [1.54, 1.807) is 24.3 Å². The molecule has 3 rings (SSSR count). The fourth-order valence-corrected chi connectivity index (χ4v) is 2.81. The number of benzene rings is 3. The van der Waals surface area contributed by atoms with Crippen molar-refractivity contribution in [3.8, 4) is 5.75 Å². The molecule has 6 nitrogen and oxygen atoms in total. The van der Waals surface area contributed by atoms with E-state index in [1.807, 2.05) is 60.7 Å². The van der Waals surface area contributed by atoms with E-state index < -0.39 is 18.1 Å². The van der Waals surface area contributed by atoms with Gasteiger partial charge in [-0.15, -0.1) is 0 Å². The Morgan fingerprint density at radius 2 is 1.33 bits per heavy atom. The Kier molecular flexibility index (Phi) is 7.44. The maximum Gasteiger partial charge on any atom is 0.408 e. The molecule has 0 aliphatic heterocycles. The molecule has 0 aliphatic rings. The van der Waals surface area contributed by atoms with Gasteiger partial charge in [0.15, 0.2) is 0 Å². The molecule has 0 saturated heterocycles. The van der Waals surface area contributed by atoms with Gasteiger partial charge in [-0.1, -0.05) is 72.8 Å². The van der Waals surface area contributed by atoms with E-state index in [0.29, 0.717) is 12.4 Å². The van der Waals surface area contributed by atoms with Gasteiger partial charge in [0, 0.05) is 6.42 Å². The third-order valence-corrected chi connectivity index (χ3v) is 4.41. The van der Waals surface area contributed by atoms with Gasteiger partial charge in [-0.05, 0) is 28.8 Å². The Hall–Kier alpha value is -3.80. The van der Waals surface area contributed by atoms with Crippen molar-refractivity contribution in [2.24, 2.45) is 0 Å². The van der Waals surface area contributed by atoms with Crippen molar-refractivity contribution in [3.63, 3.8) is 0 Å². The summed E-state index contributed by atoms with van der Waals surface area (Å²) in [6.45, 7) is 0.527. The summed E-state index contributed by atoms with van der Waals surface area (Å²) in [4.78, 5) is 23.5. The van der Waals surface area contributed by atoms with Crippen LogP contribution in [0, 0.1) is 0 Å². The molecule has 1 amide bonds. The van der Waals surface area contributed by atoms with Crippen LogP contribution in [0.5, 0.6) is 5.75 Å². The fourth-order valence-electron chi connectivity index (χ4n) is 2.81. The van der Waals surface area contributed by atoms with Crippen LogP contribution in [0.4, 0.5) is 4.79 Å². The Morgan fingerprint density at radius 3 is 1.90 bits per heavy atom. The van der Waals surface area contributed by atoms with E-state index in [1.165, 1.54) is 0 Å². The van der Waals surface area contributed by atoms with Crippen molar-refractivity contribution in [2.45, 2.75) is 25.7 Å². The van der Waals surface area contributed by atoms with Gasteiger partial charge in [0.25, 0.3) is 0 Å². The van der Waals surface area contributed by atoms with Gasteiger partial charge in [-0.3, -0.25) is 0 Å². The first-order valence-corrected chi connectivity index (χ1v) is 9.56. The van der Waals surface area contributed by atoms with Crippen molar-refractivity contribution in [3.05, 3.63) is 102 Å². The van der Waals surface area contributed by atoms with Crippen LogP contribution < -0.4 is 10.1 Å². The van der Waals surface area contributed by atoms with Crippen LogP contribution in [-0.2, 0) is 29.2 Å². The average molecular weight is 405 g/mol. The largest absolute Gasteiger partial charge is 0.489 e. The number of nitrogens with one attached hydrogen (secondary N) is 1. The average Bonchev–Trinajstić information content (AvgIpc) is 2.78. The second kappa shape index (κ2) is 10.7. The topological polar surface area (TPSA) is 84.9 Å². The van der Waals surface area contributed by atoms with Gasteiger partial charge in [0.05, 0.1) is 0 Å². The molecule has 3 aromatic rings. The zero-order chi connectivity index (χ0) is 21.2. The second-order valence-corrected chi connectivity index (χ2v) is 6.72. The highest BCUT2D eigenvalue weighted by atomic mass is 16.5. The predicted octanol–water partition coefficient (Wildman–Crippen LogP) is 4.19. The number of rotatable bonds is 9. The number of carboxylic acids is 1. The molecule has 0 unspecified atom stereocenters. The van der Waals surface area contributed by atoms with Crippen molar-refractivity contribution in [1.29, 1.82) is 0 Å². The first-order valence-electron chi connectivity index (χ1n) is 9.56.